The van der Waals surface area contributed by atoms with Gasteiger partial charge in [0.25, 0.3) is 5.69 Å². The molecule has 0 amide bonds. The van der Waals surface area contributed by atoms with Crippen LogP contribution in [0.3, 0.4) is 0 Å². The third-order valence-electron chi connectivity index (χ3n) is 3.96. The number of nitrogens with two attached hydrogens (primary N) is 1. The third-order valence-corrected chi connectivity index (χ3v) is 3.96. The van der Waals surface area contributed by atoms with Gasteiger partial charge in [-0.2, -0.15) is 0 Å². The second kappa shape index (κ2) is 7.32. The number of hydrogen-bond acceptors (Lipinski definition) is 6. The number of pyridine rings is 1. The Balaban J connectivity index is 2.09. The number of non-ortho nitro benzene ring substituents is 1. The van der Waals surface area contributed by atoms with E-state index in [1.807, 2.05) is 28.8 Å². The summed E-state index contributed by atoms with van der Waals surface area (Å²) in [5, 5.41) is 11.1. The third kappa shape index (κ3) is 3.40. The number of nitrogens with zero attached hydrogens (tertiary/aromatic N) is 3. The van der Waals surface area contributed by atoms with Crippen LogP contribution in [0.5, 0.6) is 0 Å². The summed E-state index contributed by atoms with van der Waals surface area (Å²) in [4.78, 5) is 27.1. The van der Waals surface area contributed by atoms with E-state index in [4.69, 9.17) is 10.5 Å². The first-order valence-corrected chi connectivity index (χ1v) is 8.14. The van der Waals surface area contributed by atoms with Crippen molar-refractivity contribution in [1.29, 1.82) is 0 Å². The van der Waals surface area contributed by atoms with Crippen LogP contribution in [0.25, 0.3) is 16.9 Å². The number of nitro benzene ring substituents is 1. The SMILES string of the molecule is CCOC(=O)C(N)Cc1c(-c2cccc([N+](=O)[O-])c2)nc2ccccn12. The number of aromatic nitrogens is 2. The Morgan fingerprint density at radius 1 is 1.35 bits per heavy atom. The summed E-state index contributed by atoms with van der Waals surface area (Å²) in [7, 11) is 0. The summed E-state index contributed by atoms with van der Waals surface area (Å²) in [6, 6.07) is 10.9. The first-order chi connectivity index (χ1) is 12.5. The Hall–Kier alpha value is -3.26. The largest absolute Gasteiger partial charge is 0.465 e. The number of nitro groups is 1. The lowest BCUT2D eigenvalue weighted by molar-refractivity contribution is -0.384. The monoisotopic (exact) mass is 354 g/mol. The van der Waals surface area contributed by atoms with E-state index in [2.05, 4.69) is 4.98 Å². The number of esters is 1. The van der Waals surface area contributed by atoms with E-state index < -0.39 is 16.9 Å². The molecule has 1 aromatic carbocycles. The van der Waals surface area contributed by atoms with Crippen molar-refractivity contribution in [3.63, 3.8) is 0 Å². The van der Waals surface area contributed by atoms with Crippen LogP contribution in [0, 0.1) is 10.1 Å². The van der Waals surface area contributed by atoms with Crippen LogP contribution in [0.2, 0.25) is 0 Å². The summed E-state index contributed by atoms with van der Waals surface area (Å²) >= 11 is 0. The molecule has 134 valence electrons. The Morgan fingerprint density at radius 3 is 2.88 bits per heavy atom. The molecular weight excluding hydrogens is 336 g/mol. The minimum Gasteiger partial charge on any atom is -0.465 e. The molecule has 0 aliphatic rings. The minimum atomic E-state index is -0.854. The van der Waals surface area contributed by atoms with E-state index in [0.717, 1.165) is 0 Å². The maximum absolute atomic E-state index is 11.9. The molecule has 2 heterocycles. The van der Waals surface area contributed by atoms with Crippen LogP contribution in [0.1, 0.15) is 12.6 Å². The van der Waals surface area contributed by atoms with Gasteiger partial charge in [-0.3, -0.25) is 14.9 Å². The maximum atomic E-state index is 11.9. The topological polar surface area (TPSA) is 113 Å². The summed E-state index contributed by atoms with van der Waals surface area (Å²) < 4.78 is 6.80. The molecule has 1 unspecified atom stereocenters. The van der Waals surface area contributed by atoms with Gasteiger partial charge >= 0.3 is 5.97 Å². The zero-order valence-electron chi connectivity index (χ0n) is 14.2. The average Bonchev–Trinajstić information content (AvgIpc) is 3.00. The fourth-order valence-corrected chi connectivity index (χ4v) is 2.78. The molecule has 2 N–H and O–H groups in total. The molecule has 2 aromatic heterocycles. The number of imidazole rings is 1. The van der Waals surface area contributed by atoms with E-state index in [-0.39, 0.29) is 18.7 Å². The van der Waals surface area contributed by atoms with Gasteiger partial charge in [0.1, 0.15) is 11.7 Å². The second-order valence-corrected chi connectivity index (χ2v) is 5.71. The second-order valence-electron chi connectivity index (χ2n) is 5.71. The Labute approximate surface area is 149 Å². The predicted molar refractivity (Wildman–Crippen MR) is 95.6 cm³/mol. The van der Waals surface area contributed by atoms with Gasteiger partial charge in [0.05, 0.1) is 22.9 Å². The molecule has 0 bridgehead atoms. The Bertz CT molecular complexity index is 967. The number of hydrogen-bond donors (Lipinski definition) is 1. The lowest BCUT2D eigenvalue weighted by Crippen LogP contribution is -2.34. The highest BCUT2D eigenvalue weighted by atomic mass is 16.6. The highest BCUT2D eigenvalue weighted by molar-refractivity contribution is 5.77. The van der Waals surface area contributed by atoms with Gasteiger partial charge < -0.3 is 14.9 Å². The minimum absolute atomic E-state index is 0.0276. The molecule has 0 aliphatic heterocycles. The zero-order valence-corrected chi connectivity index (χ0v) is 14.2. The number of fused-ring (bicyclic) bond motifs is 1. The number of rotatable bonds is 6. The van der Waals surface area contributed by atoms with Crippen molar-refractivity contribution in [3.8, 4) is 11.3 Å². The summed E-state index contributed by atoms with van der Waals surface area (Å²) in [6.07, 6.45) is 2.01. The van der Waals surface area contributed by atoms with Crippen molar-refractivity contribution < 1.29 is 14.5 Å². The van der Waals surface area contributed by atoms with Crippen molar-refractivity contribution >= 4 is 17.3 Å². The molecule has 0 radical (unpaired) electrons. The van der Waals surface area contributed by atoms with Crippen LogP contribution < -0.4 is 5.73 Å². The maximum Gasteiger partial charge on any atom is 0.323 e. The zero-order chi connectivity index (χ0) is 18.7. The lowest BCUT2D eigenvalue weighted by atomic mass is 10.0. The van der Waals surface area contributed by atoms with Crippen molar-refractivity contribution in [1.82, 2.24) is 9.38 Å². The van der Waals surface area contributed by atoms with Crippen LogP contribution in [-0.2, 0) is 16.0 Å². The molecule has 8 heteroatoms. The van der Waals surface area contributed by atoms with Gasteiger partial charge in [-0.05, 0) is 19.1 Å². The fraction of sp³-hybridized carbons (Fsp3) is 0.222. The Morgan fingerprint density at radius 2 is 2.15 bits per heavy atom. The molecule has 8 nitrogen and oxygen atoms in total. The molecule has 0 fully saturated rings. The van der Waals surface area contributed by atoms with Gasteiger partial charge in [0.15, 0.2) is 0 Å². The lowest BCUT2D eigenvalue weighted by Gasteiger charge is -2.12. The van der Waals surface area contributed by atoms with Crippen molar-refractivity contribution in [2.24, 2.45) is 5.73 Å². The van der Waals surface area contributed by atoms with Crippen molar-refractivity contribution in [2.75, 3.05) is 6.61 Å². The summed E-state index contributed by atoms with van der Waals surface area (Å²) in [5.41, 5.74) is 8.47. The van der Waals surface area contributed by atoms with E-state index in [9.17, 15) is 14.9 Å². The quantitative estimate of drug-likeness (QED) is 0.413. The van der Waals surface area contributed by atoms with Crippen molar-refractivity contribution in [2.45, 2.75) is 19.4 Å². The van der Waals surface area contributed by atoms with E-state index in [1.54, 1.807) is 19.1 Å². The van der Waals surface area contributed by atoms with Gasteiger partial charge in [0, 0.05) is 30.3 Å². The smallest absolute Gasteiger partial charge is 0.323 e. The normalized spacial score (nSPS) is 12.1. The van der Waals surface area contributed by atoms with E-state index >= 15 is 0 Å². The molecule has 3 rings (SSSR count). The van der Waals surface area contributed by atoms with Crippen LogP contribution in [-0.4, -0.2) is 32.9 Å². The van der Waals surface area contributed by atoms with Crippen molar-refractivity contribution in [3.05, 3.63) is 64.5 Å². The molecular formula is C18H18N4O4. The van der Waals surface area contributed by atoms with Gasteiger partial charge in [-0.25, -0.2) is 4.98 Å². The molecule has 0 saturated carbocycles. The number of carbonyl (C=O) groups is 1. The van der Waals surface area contributed by atoms with Gasteiger partial charge in [0.2, 0.25) is 0 Å². The summed E-state index contributed by atoms with van der Waals surface area (Å²) in [5.74, 6) is -0.497. The predicted octanol–water partition coefficient (Wildman–Crippen LogP) is 2.34. The highest BCUT2D eigenvalue weighted by Gasteiger charge is 2.22. The number of carbonyl (C=O) groups excluding carboxylic acids is 1. The number of ether oxygens (including phenoxy) is 1. The molecule has 0 saturated heterocycles. The van der Waals surface area contributed by atoms with Crippen LogP contribution in [0.4, 0.5) is 5.69 Å². The average molecular weight is 354 g/mol. The van der Waals surface area contributed by atoms with Gasteiger partial charge in [-0.15, -0.1) is 0 Å². The number of benzene rings is 1. The Kier molecular flexibility index (Phi) is 4.94. The first-order valence-electron chi connectivity index (χ1n) is 8.14. The van der Waals surface area contributed by atoms with Crippen LogP contribution in [0.15, 0.2) is 48.7 Å². The molecule has 0 spiro atoms. The molecule has 0 aliphatic carbocycles. The molecule has 3 aromatic rings. The van der Waals surface area contributed by atoms with E-state index in [1.165, 1.54) is 12.1 Å². The van der Waals surface area contributed by atoms with E-state index in [0.29, 0.717) is 22.6 Å². The van der Waals surface area contributed by atoms with Gasteiger partial charge in [-0.1, -0.05) is 18.2 Å². The highest BCUT2D eigenvalue weighted by Crippen LogP contribution is 2.28. The molecule has 1 atom stereocenters. The summed E-state index contributed by atoms with van der Waals surface area (Å²) in [6.45, 7) is 1.96. The van der Waals surface area contributed by atoms with Crippen LogP contribution >= 0.6 is 0 Å². The first kappa shape index (κ1) is 17.6. The fourth-order valence-electron chi connectivity index (χ4n) is 2.78. The molecule has 26 heavy (non-hydrogen) atoms. The standard InChI is InChI=1S/C18H18N4O4/c1-2-26-18(23)14(19)11-15-17(20-16-8-3-4-9-21(15)16)12-6-5-7-13(10-12)22(24)25/h3-10,14H,2,11,19H2,1H3.